The van der Waals surface area contributed by atoms with Crippen LogP contribution < -0.4 is 5.32 Å². The van der Waals surface area contributed by atoms with Gasteiger partial charge in [-0.05, 0) is 35.9 Å². The summed E-state index contributed by atoms with van der Waals surface area (Å²) in [6.07, 6.45) is 0.374. The monoisotopic (exact) mass is 377 g/mol. The molecule has 0 bridgehead atoms. The third-order valence-electron chi connectivity index (χ3n) is 3.92. The van der Waals surface area contributed by atoms with Gasteiger partial charge in [0.25, 0.3) is 5.82 Å². The second-order valence-electron chi connectivity index (χ2n) is 5.64. The average Bonchev–Trinajstić information content (AvgIpc) is 3.07. The van der Waals surface area contributed by atoms with Crippen molar-refractivity contribution >= 4 is 23.2 Å². The minimum absolute atomic E-state index is 0.0200. The van der Waals surface area contributed by atoms with Crippen LogP contribution in [0, 0.1) is 0 Å². The first-order valence-corrected chi connectivity index (χ1v) is 7.98. The van der Waals surface area contributed by atoms with Crippen LogP contribution in [0.4, 0.5) is 19.1 Å². The number of hydrogen-bond donors (Lipinski definition) is 1. The van der Waals surface area contributed by atoms with Crippen LogP contribution in [0.25, 0.3) is 5.70 Å². The molecule has 1 aliphatic heterocycles. The molecule has 1 aliphatic rings. The third kappa shape index (κ3) is 3.03. The molecule has 1 N–H and O–H groups in total. The topological polar surface area (TPSA) is 55.6 Å². The lowest BCUT2D eigenvalue weighted by molar-refractivity contribution is -0.145. The number of allylic oxidation sites excluding steroid dienone is 1. The average molecular weight is 378 g/mol. The van der Waals surface area contributed by atoms with E-state index in [-0.39, 0.29) is 5.95 Å². The molecular weight excluding hydrogens is 367 g/mol. The number of aromatic nitrogens is 4. The van der Waals surface area contributed by atoms with Crippen molar-refractivity contribution in [2.75, 3.05) is 5.32 Å². The van der Waals surface area contributed by atoms with Gasteiger partial charge < -0.3 is 5.32 Å². The van der Waals surface area contributed by atoms with Crippen LogP contribution in [0.5, 0.6) is 0 Å². The van der Waals surface area contributed by atoms with Crippen LogP contribution >= 0.6 is 11.6 Å². The third-order valence-corrected chi connectivity index (χ3v) is 4.17. The van der Waals surface area contributed by atoms with Gasteiger partial charge in [-0.25, -0.2) is 4.68 Å². The highest BCUT2D eigenvalue weighted by Crippen LogP contribution is 2.35. The molecule has 5 nitrogen and oxygen atoms in total. The largest absolute Gasteiger partial charge is 0.453 e. The molecule has 0 radical (unpaired) electrons. The van der Waals surface area contributed by atoms with Crippen molar-refractivity contribution in [1.82, 2.24) is 19.7 Å². The smallest absolute Gasteiger partial charge is 0.324 e. The van der Waals surface area contributed by atoms with Crippen molar-refractivity contribution in [1.29, 1.82) is 0 Å². The lowest BCUT2D eigenvalue weighted by atomic mass is 10.0. The number of anilines is 1. The van der Waals surface area contributed by atoms with E-state index in [0.29, 0.717) is 10.7 Å². The predicted octanol–water partition coefficient (Wildman–Crippen LogP) is 4.40. The van der Waals surface area contributed by atoms with Crippen molar-refractivity contribution in [3.63, 3.8) is 0 Å². The first-order chi connectivity index (χ1) is 12.4. The highest BCUT2D eigenvalue weighted by Gasteiger charge is 2.39. The van der Waals surface area contributed by atoms with Gasteiger partial charge in [0.1, 0.15) is 6.04 Å². The summed E-state index contributed by atoms with van der Waals surface area (Å²) in [4.78, 5) is 7.58. The molecule has 26 heavy (non-hydrogen) atoms. The fourth-order valence-electron chi connectivity index (χ4n) is 2.71. The first-order valence-electron chi connectivity index (χ1n) is 7.60. The van der Waals surface area contributed by atoms with Gasteiger partial charge in [-0.2, -0.15) is 18.2 Å². The van der Waals surface area contributed by atoms with Crippen LogP contribution in [0.1, 0.15) is 23.0 Å². The number of hydrogen-bond acceptors (Lipinski definition) is 4. The molecule has 0 amide bonds. The molecule has 0 fully saturated rings. The minimum atomic E-state index is -4.63. The van der Waals surface area contributed by atoms with E-state index in [2.05, 4.69) is 20.4 Å². The zero-order valence-electron chi connectivity index (χ0n) is 13.1. The van der Waals surface area contributed by atoms with Gasteiger partial charge in [-0.1, -0.05) is 23.7 Å². The maximum atomic E-state index is 13.1. The van der Waals surface area contributed by atoms with Crippen molar-refractivity contribution in [2.45, 2.75) is 12.2 Å². The fraction of sp³-hybridized carbons (Fsp3) is 0.118. The van der Waals surface area contributed by atoms with E-state index in [1.807, 2.05) is 0 Å². The first kappa shape index (κ1) is 16.6. The Morgan fingerprint density at radius 3 is 2.38 bits per heavy atom. The van der Waals surface area contributed by atoms with Gasteiger partial charge in [0.15, 0.2) is 0 Å². The SMILES string of the molecule is FC(F)(F)c1nc2n(n1)[C@@H](c1ccc(Cl)cc1)C=C(c1ccncc1)N2. The van der Waals surface area contributed by atoms with Gasteiger partial charge in [-0.15, -0.1) is 5.10 Å². The second kappa shape index (κ2) is 6.14. The molecule has 0 aliphatic carbocycles. The van der Waals surface area contributed by atoms with Crippen LogP contribution in [-0.2, 0) is 6.18 Å². The number of nitrogens with one attached hydrogen (secondary N) is 1. The summed E-state index contributed by atoms with van der Waals surface area (Å²) >= 11 is 5.92. The summed E-state index contributed by atoms with van der Waals surface area (Å²) < 4.78 is 40.4. The van der Waals surface area contributed by atoms with Gasteiger partial charge >= 0.3 is 6.18 Å². The van der Waals surface area contributed by atoms with Crippen LogP contribution in [0.3, 0.4) is 0 Å². The molecule has 2 aromatic heterocycles. The number of benzene rings is 1. The number of alkyl halides is 3. The Morgan fingerprint density at radius 2 is 1.73 bits per heavy atom. The molecule has 0 spiro atoms. The maximum Gasteiger partial charge on any atom is 0.453 e. The Kier molecular flexibility index (Phi) is 3.91. The molecule has 1 aromatic carbocycles. The van der Waals surface area contributed by atoms with E-state index >= 15 is 0 Å². The molecule has 0 saturated heterocycles. The summed E-state index contributed by atoms with van der Waals surface area (Å²) in [5.74, 6) is -1.17. The van der Waals surface area contributed by atoms with E-state index in [1.165, 1.54) is 4.68 Å². The Balaban J connectivity index is 1.84. The lowest BCUT2D eigenvalue weighted by Crippen LogP contribution is -2.20. The zero-order chi connectivity index (χ0) is 18.3. The van der Waals surface area contributed by atoms with E-state index in [9.17, 15) is 13.2 Å². The maximum absolute atomic E-state index is 13.1. The van der Waals surface area contributed by atoms with E-state index in [1.54, 1.807) is 54.9 Å². The highest BCUT2D eigenvalue weighted by atomic mass is 35.5. The van der Waals surface area contributed by atoms with Crippen LogP contribution in [0.15, 0.2) is 54.9 Å². The zero-order valence-corrected chi connectivity index (χ0v) is 13.8. The number of rotatable bonds is 2. The van der Waals surface area contributed by atoms with Crippen molar-refractivity contribution in [2.24, 2.45) is 0 Å². The summed E-state index contributed by atoms with van der Waals surface area (Å²) in [5.41, 5.74) is 2.14. The lowest BCUT2D eigenvalue weighted by Gasteiger charge is -2.24. The van der Waals surface area contributed by atoms with E-state index in [0.717, 1.165) is 11.1 Å². The molecule has 0 saturated carbocycles. The molecule has 3 aromatic rings. The molecule has 4 rings (SSSR count). The molecule has 9 heteroatoms. The van der Waals surface area contributed by atoms with Gasteiger partial charge in [0, 0.05) is 28.7 Å². The minimum Gasteiger partial charge on any atom is -0.324 e. The number of fused-ring (bicyclic) bond motifs is 1. The van der Waals surface area contributed by atoms with Gasteiger partial charge in [0.2, 0.25) is 5.95 Å². The number of pyridine rings is 1. The predicted molar refractivity (Wildman–Crippen MR) is 90.5 cm³/mol. The van der Waals surface area contributed by atoms with Crippen molar-refractivity contribution in [3.8, 4) is 0 Å². The molecule has 132 valence electrons. The molecule has 3 heterocycles. The van der Waals surface area contributed by atoms with Gasteiger partial charge in [-0.3, -0.25) is 4.98 Å². The fourth-order valence-corrected chi connectivity index (χ4v) is 2.84. The normalized spacial score (nSPS) is 16.6. The van der Waals surface area contributed by atoms with Crippen LogP contribution in [0.2, 0.25) is 5.02 Å². The Hall–Kier alpha value is -2.87. The molecular formula is C17H11ClF3N5. The Morgan fingerprint density at radius 1 is 1.04 bits per heavy atom. The van der Waals surface area contributed by atoms with Crippen LogP contribution in [-0.4, -0.2) is 19.7 Å². The summed E-state index contributed by atoms with van der Waals surface area (Å²) in [7, 11) is 0. The Labute approximate surface area is 151 Å². The van der Waals surface area contributed by atoms with Crippen molar-refractivity contribution in [3.05, 3.63) is 76.8 Å². The highest BCUT2D eigenvalue weighted by molar-refractivity contribution is 6.30. The second-order valence-corrected chi connectivity index (χ2v) is 6.08. The number of nitrogens with zero attached hydrogens (tertiary/aromatic N) is 4. The quantitative estimate of drug-likeness (QED) is 0.719. The summed E-state index contributed by atoms with van der Waals surface area (Å²) in [6.45, 7) is 0. The van der Waals surface area contributed by atoms with E-state index in [4.69, 9.17) is 11.6 Å². The van der Waals surface area contributed by atoms with Gasteiger partial charge in [0.05, 0.1) is 0 Å². The van der Waals surface area contributed by atoms with Crippen molar-refractivity contribution < 1.29 is 13.2 Å². The summed E-state index contributed by atoms with van der Waals surface area (Å²) in [6, 6.07) is 9.81. The summed E-state index contributed by atoms with van der Waals surface area (Å²) in [5, 5.41) is 7.11. The standard InChI is InChI=1S/C17H11ClF3N5/c18-12-3-1-11(2-4-12)14-9-13(10-5-7-22-8-6-10)23-16-24-15(17(19,20)21)25-26(14)16/h1-9,14H,(H,23,24,25)/t14-/m1/s1. The molecule has 1 atom stereocenters. The van der Waals surface area contributed by atoms with E-state index < -0.39 is 18.0 Å². The molecule has 0 unspecified atom stereocenters. The number of halogens is 4. The Bertz CT molecular complexity index is 964.